The Kier molecular flexibility index (Phi) is 2.10. The van der Waals surface area contributed by atoms with E-state index in [1.165, 1.54) is 22.1 Å². The first-order valence-corrected chi connectivity index (χ1v) is 6.32. The van der Waals surface area contributed by atoms with Crippen LogP contribution in [0.2, 0.25) is 0 Å². The Bertz CT molecular complexity index is 803. The smallest absolute Gasteiger partial charge is 0.0631 e. The lowest BCUT2D eigenvalue weighted by Crippen LogP contribution is -1.92. The van der Waals surface area contributed by atoms with Crippen LogP contribution in [-0.4, -0.2) is 4.57 Å². The molecule has 0 N–H and O–H groups in total. The van der Waals surface area contributed by atoms with Crippen molar-refractivity contribution in [3.8, 4) is 5.69 Å². The van der Waals surface area contributed by atoms with Crippen LogP contribution in [0.25, 0.3) is 27.5 Å². The van der Waals surface area contributed by atoms with Gasteiger partial charge in [-0.2, -0.15) is 0 Å². The number of benzene rings is 2. The van der Waals surface area contributed by atoms with Gasteiger partial charge in [-0.25, -0.2) is 0 Å². The van der Waals surface area contributed by atoms with E-state index in [0.29, 0.717) is 0 Å². The summed E-state index contributed by atoms with van der Waals surface area (Å²) in [5, 5.41) is 2.35. The largest absolute Gasteiger partial charge is 0.309 e. The van der Waals surface area contributed by atoms with E-state index in [4.69, 9.17) is 0 Å². The number of para-hydroxylation sites is 2. The molecule has 0 radical (unpaired) electrons. The van der Waals surface area contributed by atoms with Gasteiger partial charge in [-0.3, -0.25) is 0 Å². The van der Waals surface area contributed by atoms with Crippen molar-refractivity contribution in [3.63, 3.8) is 0 Å². The lowest BCUT2D eigenvalue weighted by Gasteiger charge is -2.06. The number of hydrogen-bond acceptors (Lipinski definition) is 0. The first kappa shape index (κ1) is 10.2. The fraction of sp³-hybridized carbons (Fsp3) is 0. The van der Waals surface area contributed by atoms with Crippen molar-refractivity contribution >= 4 is 21.8 Å². The van der Waals surface area contributed by atoms with Crippen LogP contribution in [0.1, 0.15) is 0 Å². The van der Waals surface area contributed by atoms with Gasteiger partial charge in [0.2, 0.25) is 0 Å². The van der Waals surface area contributed by atoms with Crippen LogP contribution in [-0.2, 0) is 0 Å². The summed E-state index contributed by atoms with van der Waals surface area (Å²) in [6, 6.07) is 29.2. The Morgan fingerprint density at radius 2 is 1.53 bits per heavy atom. The minimum Gasteiger partial charge on any atom is -0.309 e. The van der Waals surface area contributed by atoms with Crippen molar-refractivity contribution < 1.29 is 0 Å². The first-order chi connectivity index (χ1) is 9.45. The van der Waals surface area contributed by atoms with Crippen molar-refractivity contribution in [2.45, 2.75) is 0 Å². The maximum absolute atomic E-state index is 3.24. The molecular weight excluding hydrogens is 230 g/mol. The molecule has 0 fully saturated rings. The quantitative estimate of drug-likeness (QED) is 0.466. The van der Waals surface area contributed by atoms with Crippen LogP contribution in [0.4, 0.5) is 0 Å². The standard InChI is InChI=1S/C18H11N/c1-2-8-14(9-3-1)19-17-12-6-4-10-15(17)16-11-5-7-13-18(16)19/h1-4,6-10,12-13H. The predicted molar refractivity (Wildman–Crippen MR) is 78.5 cm³/mol. The van der Waals surface area contributed by atoms with Gasteiger partial charge in [-0.1, -0.05) is 48.5 Å². The molecular formula is C18H11N. The van der Waals surface area contributed by atoms with Crippen LogP contribution in [0.3, 0.4) is 0 Å². The minimum atomic E-state index is 1.13. The van der Waals surface area contributed by atoms with Crippen molar-refractivity contribution in [1.82, 2.24) is 4.57 Å². The lowest BCUT2D eigenvalue weighted by atomic mass is 10.2. The molecule has 0 amide bonds. The molecule has 0 saturated heterocycles. The molecule has 1 heteroatoms. The van der Waals surface area contributed by atoms with Gasteiger partial charge in [-0.15, -0.1) is 0 Å². The molecule has 19 heavy (non-hydrogen) atoms. The summed E-state index contributed by atoms with van der Waals surface area (Å²) in [4.78, 5) is 0. The van der Waals surface area contributed by atoms with E-state index >= 15 is 0 Å². The van der Waals surface area contributed by atoms with Crippen LogP contribution in [0, 0.1) is 12.1 Å². The van der Waals surface area contributed by atoms with Crippen molar-refractivity contribution in [2.75, 3.05) is 0 Å². The average Bonchev–Trinajstić information content (AvgIpc) is 2.83. The minimum absolute atomic E-state index is 1.13. The number of fused-ring (bicyclic) bond motifs is 3. The number of nitrogens with zero attached hydrogens (tertiary/aromatic N) is 1. The highest BCUT2D eigenvalue weighted by molar-refractivity contribution is 6.08. The van der Waals surface area contributed by atoms with Crippen LogP contribution in [0.15, 0.2) is 66.7 Å². The number of hydrogen-bond donors (Lipinski definition) is 0. The summed E-state index contributed by atoms with van der Waals surface area (Å²) >= 11 is 0. The third kappa shape index (κ3) is 1.44. The highest BCUT2D eigenvalue weighted by atomic mass is 15.0. The molecule has 0 aliphatic heterocycles. The fourth-order valence-corrected chi connectivity index (χ4v) is 2.64. The number of aromatic nitrogens is 1. The molecule has 1 nitrogen and oxygen atoms in total. The molecule has 4 rings (SSSR count). The van der Waals surface area contributed by atoms with E-state index in [2.05, 4.69) is 71.3 Å². The predicted octanol–water partition coefficient (Wildman–Crippen LogP) is 4.38. The van der Waals surface area contributed by atoms with Gasteiger partial charge in [0.05, 0.1) is 16.4 Å². The van der Waals surface area contributed by atoms with Crippen LogP contribution >= 0.6 is 0 Å². The second kappa shape index (κ2) is 3.90. The molecule has 3 aromatic carbocycles. The maximum atomic E-state index is 3.24. The van der Waals surface area contributed by atoms with E-state index < -0.39 is 0 Å². The summed E-state index contributed by atoms with van der Waals surface area (Å²) < 4.78 is 2.27. The lowest BCUT2D eigenvalue weighted by molar-refractivity contribution is 1.18. The van der Waals surface area contributed by atoms with Crippen LogP contribution < -0.4 is 0 Å². The number of rotatable bonds is 1. The summed E-state index contributed by atoms with van der Waals surface area (Å²) in [5.41, 5.74) is 3.55. The van der Waals surface area contributed by atoms with Gasteiger partial charge < -0.3 is 4.57 Å². The van der Waals surface area contributed by atoms with Gasteiger partial charge in [0.15, 0.2) is 0 Å². The molecule has 4 aromatic rings. The zero-order valence-electron chi connectivity index (χ0n) is 10.3. The molecule has 0 aliphatic rings. The normalized spacial score (nSPS) is 10.7. The zero-order valence-corrected chi connectivity index (χ0v) is 10.3. The molecule has 88 valence electrons. The zero-order chi connectivity index (χ0) is 12.7. The Labute approximate surface area is 111 Å². The Hall–Kier alpha value is -2.72. The maximum Gasteiger partial charge on any atom is 0.0631 e. The van der Waals surface area contributed by atoms with Gasteiger partial charge in [0.1, 0.15) is 0 Å². The van der Waals surface area contributed by atoms with E-state index in [1.54, 1.807) is 0 Å². The summed E-state index contributed by atoms with van der Waals surface area (Å²) in [7, 11) is 0. The summed E-state index contributed by atoms with van der Waals surface area (Å²) in [6.07, 6.45) is 0. The van der Waals surface area contributed by atoms with E-state index in [0.717, 1.165) is 5.39 Å². The topological polar surface area (TPSA) is 4.93 Å². The molecule has 0 aliphatic carbocycles. The second-order valence-electron chi connectivity index (χ2n) is 4.55. The van der Waals surface area contributed by atoms with Crippen LogP contribution in [0.5, 0.6) is 0 Å². The Morgan fingerprint density at radius 1 is 0.737 bits per heavy atom. The van der Waals surface area contributed by atoms with E-state index in [-0.39, 0.29) is 0 Å². The molecule has 1 heterocycles. The second-order valence-corrected chi connectivity index (χ2v) is 4.55. The Balaban J connectivity index is 2.24. The van der Waals surface area contributed by atoms with Gasteiger partial charge in [0.25, 0.3) is 0 Å². The Morgan fingerprint density at radius 3 is 2.42 bits per heavy atom. The highest BCUT2D eigenvalue weighted by Gasteiger charge is 2.10. The fourth-order valence-electron chi connectivity index (χ4n) is 2.64. The average molecular weight is 241 g/mol. The molecule has 1 aromatic heterocycles. The first-order valence-electron chi connectivity index (χ1n) is 6.32. The van der Waals surface area contributed by atoms with Gasteiger partial charge >= 0.3 is 0 Å². The third-order valence-corrected chi connectivity index (χ3v) is 3.45. The molecule has 0 bridgehead atoms. The van der Waals surface area contributed by atoms with Gasteiger partial charge in [0, 0.05) is 11.1 Å². The molecule has 0 atom stereocenters. The van der Waals surface area contributed by atoms with E-state index in [9.17, 15) is 0 Å². The SMILES string of the molecule is c1ccc2c(c#1)c1ccccc1n2-c1ccccc1. The monoisotopic (exact) mass is 241 g/mol. The highest BCUT2D eigenvalue weighted by Crippen LogP contribution is 2.30. The molecule has 0 unspecified atom stereocenters. The van der Waals surface area contributed by atoms with E-state index in [1.807, 2.05) is 12.1 Å². The third-order valence-electron chi connectivity index (χ3n) is 3.45. The van der Waals surface area contributed by atoms with Crippen molar-refractivity contribution in [2.24, 2.45) is 0 Å². The summed E-state index contributed by atoms with van der Waals surface area (Å²) in [5.74, 6) is 0. The van der Waals surface area contributed by atoms with Gasteiger partial charge in [-0.05, 0) is 30.3 Å². The molecule has 0 saturated carbocycles. The molecule has 0 spiro atoms. The van der Waals surface area contributed by atoms with Crippen molar-refractivity contribution in [3.05, 3.63) is 78.9 Å². The summed E-state index contributed by atoms with van der Waals surface area (Å²) in [6.45, 7) is 0. The van der Waals surface area contributed by atoms with Crippen molar-refractivity contribution in [1.29, 1.82) is 0 Å².